The van der Waals surface area contributed by atoms with Crippen molar-refractivity contribution in [3.8, 4) is 34.6 Å². The number of thiazole rings is 1. The number of aromatic nitrogens is 8. The molecule has 1 N–H and O–H groups in total. The predicted octanol–water partition coefficient (Wildman–Crippen LogP) is 7.95. The van der Waals surface area contributed by atoms with E-state index in [1.54, 1.807) is 63.5 Å². The molecule has 0 radical (unpaired) electrons. The van der Waals surface area contributed by atoms with Gasteiger partial charge in [-0.2, -0.15) is 0 Å². The van der Waals surface area contributed by atoms with E-state index in [-0.39, 0.29) is 5.91 Å². The fraction of sp³-hybridized carbons (Fsp3) is 0.229. The van der Waals surface area contributed by atoms with Crippen LogP contribution in [0.15, 0.2) is 93.0 Å². The van der Waals surface area contributed by atoms with Crippen LogP contribution in [0.1, 0.15) is 21.5 Å². The third kappa shape index (κ3) is 14.4. The van der Waals surface area contributed by atoms with Crippen LogP contribution in [0.3, 0.4) is 0 Å². The number of methoxy groups -OCH3 is 2. The lowest BCUT2D eigenvalue weighted by molar-refractivity contribution is 0.102. The van der Waals surface area contributed by atoms with Crippen molar-refractivity contribution >= 4 is 70.2 Å². The molecule has 0 aliphatic rings. The van der Waals surface area contributed by atoms with Crippen molar-refractivity contribution in [1.29, 1.82) is 0 Å². The first kappa shape index (κ1) is 42.2. The molecule has 0 bridgehead atoms. The lowest BCUT2D eigenvalue weighted by atomic mass is 10.0. The number of nitrogens with one attached hydrogen (secondary N) is 1. The summed E-state index contributed by atoms with van der Waals surface area (Å²) in [6, 6.07) is 7.15. The summed E-state index contributed by atoms with van der Waals surface area (Å²) in [6.45, 7) is 5.90. The van der Waals surface area contributed by atoms with Gasteiger partial charge in [-0.05, 0) is 97.0 Å². The summed E-state index contributed by atoms with van der Waals surface area (Å²) >= 11 is 10.8. The van der Waals surface area contributed by atoms with Gasteiger partial charge in [-0.3, -0.25) is 15.1 Å². The van der Waals surface area contributed by atoms with Gasteiger partial charge in [0, 0.05) is 43.1 Å². The Hall–Kier alpha value is -4.53. The Labute approximate surface area is 340 Å². The first-order valence-corrected chi connectivity index (χ1v) is 19.0. The molecule has 54 heavy (non-hydrogen) atoms. The van der Waals surface area contributed by atoms with Crippen LogP contribution in [-0.2, 0) is 9.47 Å². The Kier molecular flexibility index (Phi) is 17.7. The molecule has 0 atom stereocenters. The van der Waals surface area contributed by atoms with Gasteiger partial charge in [-0.25, -0.2) is 34.9 Å². The van der Waals surface area contributed by atoms with Crippen LogP contribution in [0.25, 0.3) is 11.3 Å². The Bertz CT molecular complexity index is 1990. The van der Waals surface area contributed by atoms with Gasteiger partial charge in [0.2, 0.25) is 17.6 Å². The van der Waals surface area contributed by atoms with Gasteiger partial charge in [0.15, 0.2) is 5.13 Å². The molecule has 0 spiro atoms. The highest BCUT2D eigenvalue weighted by Gasteiger charge is 2.15. The van der Waals surface area contributed by atoms with Crippen LogP contribution in [0, 0.1) is 13.8 Å². The minimum Gasteiger partial charge on any atom is -0.474 e. The van der Waals surface area contributed by atoms with Crippen molar-refractivity contribution in [2.75, 3.05) is 46.0 Å². The number of hydrogen-bond acceptors (Lipinski definition) is 15. The standard InChI is InChI=1S/C24H23N5O4S.C7H9BrN2O2.C4H2Br2N2/c1-15-10-18(33-21-13-26-20(12-27-21)32-9-8-31-3)11-16(2)22(15)19-14-34-24(28-19)29-23(30)17-4-6-25-7-5-17;1-11-2-3-12-7-5-9-6(8)4-10-7;5-3-1-7-4(6)2-8-3/h4-7,10-14H,8-9H2,1-3H3,(H,28,29,30);4-5H,2-3H2,1H3;1-2H. The van der Waals surface area contributed by atoms with Gasteiger partial charge in [0.1, 0.15) is 32.8 Å². The highest BCUT2D eigenvalue weighted by atomic mass is 79.9. The zero-order valence-corrected chi connectivity index (χ0v) is 35.0. The Morgan fingerprint density at radius 2 is 1.20 bits per heavy atom. The fourth-order valence-corrected chi connectivity index (χ4v) is 5.50. The third-order valence-corrected chi connectivity index (χ3v) is 8.50. The molecule has 0 aliphatic heterocycles. The molecule has 0 unspecified atom stereocenters. The zero-order chi connectivity index (χ0) is 38.7. The van der Waals surface area contributed by atoms with E-state index < -0.39 is 0 Å². The molecular weight excluding hydrogens is 914 g/mol. The van der Waals surface area contributed by atoms with E-state index in [0.717, 1.165) is 31.6 Å². The maximum absolute atomic E-state index is 12.4. The van der Waals surface area contributed by atoms with E-state index in [4.69, 9.17) is 23.7 Å². The minimum atomic E-state index is -0.225. The van der Waals surface area contributed by atoms with Crippen molar-refractivity contribution in [2.24, 2.45) is 0 Å². The molecule has 15 nitrogen and oxygen atoms in total. The van der Waals surface area contributed by atoms with Gasteiger partial charge in [0.25, 0.3) is 5.91 Å². The minimum absolute atomic E-state index is 0.225. The fourth-order valence-electron chi connectivity index (χ4n) is 4.19. The largest absolute Gasteiger partial charge is 0.474 e. The van der Waals surface area contributed by atoms with Crippen LogP contribution >= 0.6 is 59.1 Å². The molecule has 0 fully saturated rings. The number of nitrogens with zero attached hydrogens (tertiary/aromatic N) is 8. The van der Waals surface area contributed by atoms with Crippen LogP contribution in [0.5, 0.6) is 23.4 Å². The number of amides is 1. The van der Waals surface area contributed by atoms with Crippen molar-refractivity contribution in [2.45, 2.75) is 13.8 Å². The molecular formula is C35H34Br3N9O6S. The molecule has 282 valence electrons. The van der Waals surface area contributed by atoms with Gasteiger partial charge in [0.05, 0.1) is 56.1 Å². The summed E-state index contributed by atoms with van der Waals surface area (Å²) in [5, 5.41) is 5.28. The zero-order valence-electron chi connectivity index (χ0n) is 29.4. The lowest BCUT2D eigenvalue weighted by Gasteiger charge is -2.12. The van der Waals surface area contributed by atoms with E-state index in [0.29, 0.717) is 65.1 Å². The van der Waals surface area contributed by atoms with E-state index in [1.165, 1.54) is 23.7 Å². The number of hydrogen-bond donors (Lipinski definition) is 1. The summed E-state index contributed by atoms with van der Waals surface area (Å²) in [5.41, 5.74) is 4.27. The second-order valence-electron chi connectivity index (χ2n) is 10.5. The first-order valence-electron chi connectivity index (χ1n) is 15.8. The molecule has 0 saturated carbocycles. The maximum Gasteiger partial charge on any atom is 0.257 e. The Morgan fingerprint density at radius 1 is 0.704 bits per heavy atom. The predicted molar refractivity (Wildman–Crippen MR) is 213 cm³/mol. The van der Waals surface area contributed by atoms with Crippen LogP contribution in [-0.4, -0.2) is 86.4 Å². The number of anilines is 1. The second kappa shape index (κ2) is 22.6. The van der Waals surface area contributed by atoms with Crippen LogP contribution in [0.2, 0.25) is 0 Å². The number of rotatable bonds is 13. The Morgan fingerprint density at radius 3 is 1.70 bits per heavy atom. The third-order valence-electron chi connectivity index (χ3n) is 6.52. The average molecular weight is 948 g/mol. The van der Waals surface area contributed by atoms with E-state index in [1.807, 2.05) is 31.4 Å². The highest BCUT2D eigenvalue weighted by Crippen LogP contribution is 2.34. The quantitative estimate of drug-likeness (QED) is 0.110. The molecule has 1 amide bonds. The number of aryl methyl sites for hydroxylation is 2. The van der Waals surface area contributed by atoms with Crippen molar-refractivity contribution < 1.29 is 28.5 Å². The van der Waals surface area contributed by atoms with E-state index in [9.17, 15) is 4.79 Å². The van der Waals surface area contributed by atoms with Gasteiger partial charge >= 0.3 is 0 Å². The summed E-state index contributed by atoms with van der Waals surface area (Å²) in [5.74, 6) is 1.69. The molecule has 6 rings (SSSR count). The normalized spacial score (nSPS) is 10.3. The molecule has 1 aromatic carbocycles. The summed E-state index contributed by atoms with van der Waals surface area (Å²) < 4.78 is 28.4. The number of carbonyl (C=O) groups excluding carboxylic acids is 1. The molecule has 0 saturated heterocycles. The monoisotopic (exact) mass is 945 g/mol. The van der Waals surface area contributed by atoms with Gasteiger partial charge < -0.3 is 23.7 Å². The maximum atomic E-state index is 12.4. The molecule has 5 aromatic heterocycles. The van der Waals surface area contributed by atoms with Crippen molar-refractivity contribution in [3.63, 3.8) is 0 Å². The number of halogens is 3. The van der Waals surface area contributed by atoms with Crippen LogP contribution < -0.4 is 19.5 Å². The van der Waals surface area contributed by atoms with Gasteiger partial charge in [-0.1, -0.05) is 0 Å². The molecule has 6 aromatic rings. The van der Waals surface area contributed by atoms with Gasteiger partial charge in [-0.15, -0.1) is 11.3 Å². The Balaban J connectivity index is 0.000000263. The number of carbonyl (C=O) groups is 1. The topological polar surface area (TPSA) is 178 Å². The van der Waals surface area contributed by atoms with E-state index in [2.05, 4.69) is 93.0 Å². The average Bonchev–Trinajstić information content (AvgIpc) is 3.62. The van der Waals surface area contributed by atoms with E-state index >= 15 is 0 Å². The SMILES string of the molecule is Brc1cnc(Br)cn1.COCCOc1cnc(Br)cn1.COCCOc1cnc(Oc2cc(C)c(-c3csc(NC(=O)c4ccncc4)n3)c(C)c2)cn1. The number of ether oxygens (including phenoxy) is 5. The molecule has 19 heteroatoms. The number of pyridine rings is 1. The highest BCUT2D eigenvalue weighted by molar-refractivity contribution is 9.11. The molecule has 0 aliphatic carbocycles. The summed E-state index contributed by atoms with van der Waals surface area (Å²) in [4.78, 5) is 45.0. The van der Waals surface area contributed by atoms with Crippen molar-refractivity contribution in [3.05, 3.63) is 110 Å². The second-order valence-corrected chi connectivity index (χ2v) is 13.8. The van der Waals surface area contributed by atoms with Crippen LogP contribution in [0.4, 0.5) is 5.13 Å². The number of benzene rings is 1. The summed E-state index contributed by atoms with van der Waals surface area (Å²) in [7, 11) is 3.23. The summed E-state index contributed by atoms with van der Waals surface area (Å²) in [6.07, 6.45) is 12.6. The van der Waals surface area contributed by atoms with Crippen molar-refractivity contribution in [1.82, 2.24) is 39.9 Å². The lowest BCUT2D eigenvalue weighted by Crippen LogP contribution is -2.11. The smallest absolute Gasteiger partial charge is 0.257 e. The first-order chi connectivity index (χ1) is 26.1. The molecule has 5 heterocycles.